The zero-order valence-corrected chi connectivity index (χ0v) is 18.0. The molecule has 1 amide bonds. The normalized spacial score (nSPS) is 15.7. The van der Waals surface area contributed by atoms with Crippen LogP contribution in [0.2, 0.25) is 0 Å². The van der Waals surface area contributed by atoms with Gasteiger partial charge in [0.1, 0.15) is 11.5 Å². The topological polar surface area (TPSA) is 122 Å². The van der Waals surface area contributed by atoms with E-state index in [1.807, 2.05) is 12.1 Å². The number of sulfone groups is 1. The summed E-state index contributed by atoms with van der Waals surface area (Å²) in [6, 6.07) is 5.49. The zero-order valence-electron chi connectivity index (χ0n) is 17.2. The molecule has 0 bridgehead atoms. The lowest BCUT2D eigenvalue weighted by Gasteiger charge is -2.26. The lowest BCUT2D eigenvalue weighted by Crippen LogP contribution is -2.35. The van der Waals surface area contributed by atoms with E-state index >= 15 is 0 Å². The number of hydrogen-bond acceptors (Lipinski definition) is 8. The van der Waals surface area contributed by atoms with Crippen molar-refractivity contribution >= 4 is 15.7 Å². The van der Waals surface area contributed by atoms with Gasteiger partial charge in [-0.2, -0.15) is 0 Å². The third-order valence-electron chi connectivity index (χ3n) is 4.72. The van der Waals surface area contributed by atoms with Crippen LogP contribution in [-0.2, 0) is 38.1 Å². The summed E-state index contributed by atoms with van der Waals surface area (Å²) in [6.45, 7) is 3.95. The number of furan rings is 1. The first-order valence-electron chi connectivity index (χ1n) is 10.00. The molecule has 168 valence electrons. The molecule has 0 unspecified atom stereocenters. The van der Waals surface area contributed by atoms with E-state index < -0.39 is 21.5 Å². The molecule has 2 N–H and O–H groups in total. The molecule has 0 saturated carbocycles. The lowest BCUT2D eigenvalue weighted by atomic mass is 10.1. The van der Waals surface area contributed by atoms with Crippen molar-refractivity contribution in [1.29, 1.82) is 0 Å². The van der Waals surface area contributed by atoms with E-state index in [4.69, 9.17) is 9.15 Å². The van der Waals surface area contributed by atoms with Crippen LogP contribution < -0.4 is 5.32 Å². The summed E-state index contributed by atoms with van der Waals surface area (Å²) in [4.78, 5) is 18.5. The highest BCUT2D eigenvalue weighted by Gasteiger charge is 2.18. The summed E-state index contributed by atoms with van der Waals surface area (Å²) in [5.41, 5.74) is 2.42. The Morgan fingerprint density at radius 2 is 2.06 bits per heavy atom. The maximum atomic E-state index is 12.0. The van der Waals surface area contributed by atoms with E-state index in [0.717, 1.165) is 44.1 Å². The van der Waals surface area contributed by atoms with E-state index in [1.165, 1.54) is 18.6 Å². The average Bonchev–Trinajstić information content (AvgIpc) is 3.23. The first kappa shape index (κ1) is 23.0. The number of amides is 1. The molecule has 1 aliphatic rings. The predicted molar refractivity (Wildman–Crippen MR) is 114 cm³/mol. The van der Waals surface area contributed by atoms with Crippen molar-refractivity contribution in [2.24, 2.45) is 0 Å². The van der Waals surface area contributed by atoms with Gasteiger partial charge in [0, 0.05) is 43.5 Å². The van der Waals surface area contributed by atoms with Crippen molar-refractivity contribution < 1.29 is 27.5 Å². The predicted octanol–water partition coefficient (Wildman–Crippen LogP) is 1.22. The Labute approximate surface area is 181 Å². The third-order valence-corrected chi connectivity index (χ3v) is 6.20. The Hall–Kier alpha value is -2.69. The molecule has 0 radical (unpaired) electrons. The molecule has 1 saturated heterocycles. The van der Waals surface area contributed by atoms with Crippen LogP contribution >= 0.6 is 0 Å². The van der Waals surface area contributed by atoms with Crippen LogP contribution in [0.25, 0.3) is 0 Å². The van der Waals surface area contributed by atoms with Crippen molar-refractivity contribution in [3.05, 3.63) is 65.6 Å². The van der Waals surface area contributed by atoms with Gasteiger partial charge in [0.25, 0.3) is 0 Å². The number of morpholine rings is 1. The van der Waals surface area contributed by atoms with Crippen LogP contribution in [0.5, 0.6) is 0 Å². The second kappa shape index (κ2) is 11.1. The molecule has 0 atom stereocenters. The van der Waals surface area contributed by atoms with Crippen molar-refractivity contribution in [1.82, 2.24) is 15.2 Å². The number of ether oxygens (including phenoxy) is 1. The maximum absolute atomic E-state index is 12.0. The van der Waals surface area contributed by atoms with Crippen molar-refractivity contribution in [3.63, 3.8) is 0 Å². The Balaban J connectivity index is 1.44. The minimum atomic E-state index is -3.62. The van der Waals surface area contributed by atoms with Crippen LogP contribution in [-0.4, -0.2) is 67.9 Å². The lowest BCUT2D eigenvalue weighted by molar-refractivity contribution is -0.118. The zero-order chi connectivity index (χ0) is 22.1. The molecule has 1 aliphatic heterocycles. The minimum absolute atomic E-state index is 0.0547. The molecule has 0 aromatic carbocycles. The van der Waals surface area contributed by atoms with Gasteiger partial charge >= 0.3 is 0 Å². The monoisotopic (exact) mass is 449 g/mol. The first-order valence-corrected chi connectivity index (χ1v) is 11.8. The van der Waals surface area contributed by atoms with Crippen LogP contribution in [0.3, 0.4) is 0 Å². The Morgan fingerprint density at radius 1 is 1.26 bits per heavy atom. The third kappa shape index (κ3) is 8.16. The number of aromatic nitrogens is 1. The van der Waals surface area contributed by atoms with Gasteiger partial charge in [-0.15, -0.1) is 0 Å². The number of carbonyl (C=O) groups excluding carboxylic acids is 1. The van der Waals surface area contributed by atoms with Gasteiger partial charge in [0.05, 0.1) is 38.0 Å². The Morgan fingerprint density at radius 3 is 2.81 bits per heavy atom. The van der Waals surface area contributed by atoms with Gasteiger partial charge in [-0.25, -0.2) is 8.42 Å². The largest absolute Gasteiger partial charge is 0.511 e. The maximum Gasteiger partial charge on any atom is 0.235 e. The summed E-state index contributed by atoms with van der Waals surface area (Å²) >= 11 is 0. The van der Waals surface area contributed by atoms with Crippen molar-refractivity contribution in [2.45, 2.75) is 18.7 Å². The summed E-state index contributed by atoms with van der Waals surface area (Å²) < 4.78 is 34.3. The molecule has 0 aliphatic carbocycles. The van der Waals surface area contributed by atoms with E-state index in [1.54, 1.807) is 12.3 Å². The van der Waals surface area contributed by atoms with Gasteiger partial charge in [-0.05, 0) is 29.8 Å². The van der Waals surface area contributed by atoms with Crippen molar-refractivity contribution in [3.8, 4) is 0 Å². The van der Waals surface area contributed by atoms with Crippen LogP contribution in [0, 0.1) is 0 Å². The fourth-order valence-electron chi connectivity index (χ4n) is 3.17. The molecule has 3 rings (SSSR count). The number of allylic oxidation sites excluding steroid dienone is 1. The quantitative estimate of drug-likeness (QED) is 0.519. The van der Waals surface area contributed by atoms with Gasteiger partial charge in [-0.1, -0.05) is 0 Å². The number of nitrogens with one attached hydrogen (secondary N) is 1. The summed E-state index contributed by atoms with van der Waals surface area (Å²) in [5, 5.41) is 12.5. The van der Waals surface area contributed by atoms with E-state index in [9.17, 15) is 18.3 Å². The number of carbonyl (C=O) groups is 1. The molecule has 1 fully saturated rings. The number of aliphatic hydroxyl groups is 1. The highest BCUT2D eigenvalue weighted by atomic mass is 32.2. The van der Waals surface area contributed by atoms with Crippen molar-refractivity contribution in [2.75, 3.05) is 38.6 Å². The van der Waals surface area contributed by atoms with Gasteiger partial charge in [-0.3, -0.25) is 14.7 Å². The number of hydrogen-bond donors (Lipinski definition) is 2. The smallest absolute Gasteiger partial charge is 0.235 e. The highest BCUT2D eigenvalue weighted by molar-refractivity contribution is 7.91. The SMILES string of the molecule is O=C(CS(=O)(=O)Cc1ccoc1)NCC(O)=CCc1cc(CN2CCOCC2)ccn1. The number of aliphatic hydroxyl groups excluding tert-OH is 1. The van der Waals surface area contributed by atoms with E-state index in [-0.39, 0.29) is 18.1 Å². The molecule has 10 heteroatoms. The molecule has 31 heavy (non-hydrogen) atoms. The first-order chi connectivity index (χ1) is 14.9. The highest BCUT2D eigenvalue weighted by Crippen LogP contribution is 2.10. The Bertz CT molecular complexity index is 982. The van der Waals surface area contributed by atoms with Crippen LogP contribution in [0.15, 0.2) is 53.2 Å². The van der Waals surface area contributed by atoms with E-state index in [0.29, 0.717) is 12.0 Å². The standard InChI is InChI=1S/C21H27N3O6S/c25-20(12-23-21(26)16-31(27,28)15-18-4-8-30-14-18)2-1-19-11-17(3-5-22-19)13-24-6-9-29-10-7-24/h2-5,8,11,14,25H,1,6-7,9-10,12-13,15-16H2,(H,23,26). The van der Waals surface area contributed by atoms with Gasteiger partial charge in [0.15, 0.2) is 9.84 Å². The van der Waals surface area contributed by atoms with Gasteiger partial charge in [0.2, 0.25) is 5.91 Å². The number of rotatable bonds is 10. The second-order valence-corrected chi connectivity index (χ2v) is 9.45. The molecule has 3 heterocycles. The number of nitrogens with zero attached hydrogens (tertiary/aromatic N) is 2. The average molecular weight is 450 g/mol. The fraction of sp³-hybridized carbons (Fsp3) is 0.429. The fourth-order valence-corrected chi connectivity index (χ4v) is 4.45. The summed E-state index contributed by atoms with van der Waals surface area (Å²) in [5.74, 6) is -1.66. The molecule has 2 aromatic heterocycles. The second-order valence-electron chi connectivity index (χ2n) is 7.38. The molecular formula is C21H27N3O6S. The van der Waals surface area contributed by atoms with E-state index in [2.05, 4.69) is 15.2 Å². The van der Waals surface area contributed by atoms with Crippen LogP contribution in [0.4, 0.5) is 0 Å². The molecule has 0 spiro atoms. The summed E-state index contributed by atoms with van der Waals surface area (Å²) in [6.07, 6.45) is 6.40. The van der Waals surface area contributed by atoms with Crippen LogP contribution in [0.1, 0.15) is 16.8 Å². The minimum Gasteiger partial charge on any atom is -0.511 e. The Kier molecular flexibility index (Phi) is 8.21. The molecular weight excluding hydrogens is 422 g/mol. The molecule has 2 aromatic rings. The van der Waals surface area contributed by atoms with Gasteiger partial charge < -0.3 is 19.6 Å². The molecule has 9 nitrogen and oxygen atoms in total. The number of pyridine rings is 1. The summed E-state index contributed by atoms with van der Waals surface area (Å²) in [7, 11) is -3.62.